The fourth-order valence-corrected chi connectivity index (χ4v) is 2.29. The first-order valence-corrected chi connectivity index (χ1v) is 6.49. The molecule has 2 rings (SSSR count). The zero-order valence-corrected chi connectivity index (χ0v) is 11.2. The highest BCUT2D eigenvalue weighted by Gasteiger charge is 2.37. The largest absolute Gasteiger partial charge is 0.320 e. The molecule has 1 fully saturated rings. The van der Waals surface area contributed by atoms with Crippen LogP contribution in [0.15, 0.2) is 30.3 Å². The number of hydrogen-bond donors (Lipinski definition) is 2. The van der Waals surface area contributed by atoms with Gasteiger partial charge < -0.3 is 10.6 Å². The van der Waals surface area contributed by atoms with Gasteiger partial charge in [0.15, 0.2) is 0 Å². The number of hydrogen-bond acceptors (Lipinski definition) is 4. The Labute approximate surface area is 116 Å². The second-order valence-electron chi connectivity index (χ2n) is 4.69. The first-order valence-electron chi connectivity index (χ1n) is 6.49. The summed E-state index contributed by atoms with van der Waals surface area (Å²) in [5.41, 5.74) is 6.60. The van der Waals surface area contributed by atoms with Crippen LogP contribution in [0.4, 0.5) is 0 Å². The van der Waals surface area contributed by atoms with Crippen LogP contribution in [-0.4, -0.2) is 35.2 Å². The van der Waals surface area contributed by atoms with Gasteiger partial charge >= 0.3 is 0 Å². The molecule has 0 radical (unpaired) electrons. The van der Waals surface area contributed by atoms with E-state index < -0.39 is 29.8 Å². The molecule has 0 aliphatic carbocycles. The van der Waals surface area contributed by atoms with Gasteiger partial charge in [0, 0.05) is 0 Å². The van der Waals surface area contributed by atoms with Crippen molar-refractivity contribution >= 4 is 17.7 Å². The molecule has 106 valence electrons. The summed E-state index contributed by atoms with van der Waals surface area (Å²) < 4.78 is 0. The maximum atomic E-state index is 12.4. The van der Waals surface area contributed by atoms with Crippen molar-refractivity contribution in [2.45, 2.75) is 25.4 Å². The van der Waals surface area contributed by atoms with Crippen molar-refractivity contribution < 1.29 is 14.4 Å². The van der Waals surface area contributed by atoms with Crippen LogP contribution in [-0.2, 0) is 14.4 Å². The topological polar surface area (TPSA) is 92.5 Å². The summed E-state index contributed by atoms with van der Waals surface area (Å²) >= 11 is 0. The molecule has 0 aromatic heterocycles. The second-order valence-corrected chi connectivity index (χ2v) is 4.69. The number of carbonyl (C=O) groups is 3. The molecular weight excluding hydrogens is 258 g/mol. The fourth-order valence-electron chi connectivity index (χ4n) is 2.29. The molecule has 3 N–H and O–H groups in total. The highest BCUT2D eigenvalue weighted by Crippen LogP contribution is 2.17. The maximum Gasteiger partial charge on any atom is 0.249 e. The summed E-state index contributed by atoms with van der Waals surface area (Å²) in [5.74, 6) is -1.34. The summed E-state index contributed by atoms with van der Waals surface area (Å²) in [6.07, 6.45) is 0.437. The number of nitrogens with zero attached hydrogens (tertiary/aromatic N) is 1. The van der Waals surface area contributed by atoms with Crippen molar-refractivity contribution in [2.24, 2.45) is 5.73 Å². The van der Waals surface area contributed by atoms with Gasteiger partial charge in [0.2, 0.25) is 17.7 Å². The van der Waals surface area contributed by atoms with Crippen LogP contribution < -0.4 is 11.1 Å². The van der Waals surface area contributed by atoms with Crippen LogP contribution in [0.2, 0.25) is 0 Å². The van der Waals surface area contributed by atoms with Crippen molar-refractivity contribution in [1.82, 2.24) is 10.2 Å². The normalized spacial score (nSPS) is 20.5. The summed E-state index contributed by atoms with van der Waals surface area (Å²) in [7, 11) is 0. The number of nitrogens with two attached hydrogens (primary N) is 1. The average Bonchev–Trinajstić information content (AvgIpc) is 2.46. The van der Waals surface area contributed by atoms with Gasteiger partial charge in [0.1, 0.15) is 18.6 Å². The number of benzene rings is 1. The number of carbonyl (C=O) groups excluding carboxylic acids is 3. The first kappa shape index (κ1) is 14.2. The van der Waals surface area contributed by atoms with E-state index in [0.29, 0.717) is 12.0 Å². The van der Waals surface area contributed by atoms with Crippen molar-refractivity contribution in [3.8, 4) is 0 Å². The molecule has 3 amide bonds. The third kappa shape index (κ3) is 2.70. The van der Waals surface area contributed by atoms with Gasteiger partial charge in [-0.3, -0.25) is 19.7 Å². The van der Waals surface area contributed by atoms with Crippen molar-refractivity contribution in [3.05, 3.63) is 35.9 Å². The monoisotopic (exact) mass is 275 g/mol. The number of rotatable bonds is 3. The number of imide groups is 1. The van der Waals surface area contributed by atoms with Crippen LogP contribution in [0.1, 0.15) is 24.9 Å². The van der Waals surface area contributed by atoms with Crippen LogP contribution in [0.5, 0.6) is 0 Å². The van der Waals surface area contributed by atoms with Gasteiger partial charge in [-0.25, -0.2) is 0 Å². The lowest BCUT2D eigenvalue weighted by atomic mass is 10.0. The SMILES string of the molecule is CCC1C(=O)NC(=O)CN1C(=O)[C@H](N)c1ccccc1. The molecule has 1 aromatic rings. The van der Waals surface area contributed by atoms with Gasteiger partial charge in [0.25, 0.3) is 0 Å². The van der Waals surface area contributed by atoms with E-state index in [1.165, 1.54) is 4.90 Å². The summed E-state index contributed by atoms with van der Waals surface area (Å²) in [6, 6.07) is 7.37. The highest BCUT2D eigenvalue weighted by atomic mass is 16.2. The smallest absolute Gasteiger partial charge is 0.249 e. The predicted octanol–water partition coefficient (Wildman–Crippen LogP) is -0.0500. The van der Waals surface area contributed by atoms with E-state index in [0.717, 1.165) is 0 Å². The van der Waals surface area contributed by atoms with Crippen molar-refractivity contribution in [1.29, 1.82) is 0 Å². The Morgan fingerprint density at radius 2 is 2.05 bits per heavy atom. The minimum absolute atomic E-state index is 0.135. The molecule has 0 bridgehead atoms. The highest BCUT2D eigenvalue weighted by molar-refractivity contribution is 6.04. The van der Waals surface area contributed by atoms with Crippen LogP contribution >= 0.6 is 0 Å². The van der Waals surface area contributed by atoms with Gasteiger partial charge in [-0.15, -0.1) is 0 Å². The molecule has 1 unspecified atom stereocenters. The van der Waals surface area contributed by atoms with Crippen LogP contribution in [0.3, 0.4) is 0 Å². The molecule has 1 saturated heterocycles. The predicted molar refractivity (Wildman–Crippen MR) is 72.3 cm³/mol. The molecule has 1 aliphatic heterocycles. The molecular formula is C14H17N3O3. The minimum atomic E-state index is -0.871. The van der Waals surface area contributed by atoms with Crippen LogP contribution in [0, 0.1) is 0 Å². The average molecular weight is 275 g/mol. The quantitative estimate of drug-likeness (QED) is 0.756. The first-order chi connectivity index (χ1) is 9.54. The lowest BCUT2D eigenvalue weighted by Gasteiger charge is -2.35. The van der Waals surface area contributed by atoms with Gasteiger partial charge in [0.05, 0.1) is 0 Å². The van der Waals surface area contributed by atoms with Crippen LogP contribution in [0.25, 0.3) is 0 Å². The zero-order chi connectivity index (χ0) is 14.7. The van der Waals surface area contributed by atoms with Crippen molar-refractivity contribution in [3.63, 3.8) is 0 Å². The summed E-state index contributed by atoms with van der Waals surface area (Å²) in [6.45, 7) is 1.65. The number of piperazine rings is 1. The molecule has 6 heteroatoms. The Bertz CT molecular complexity index is 530. The third-order valence-corrected chi connectivity index (χ3v) is 3.35. The minimum Gasteiger partial charge on any atom is -0.320 e. The Morgan fingerprint density at radius 1 is 1.40 bits per heavy atom. The third-order valence-electron chi connectivity index (χ3n) is 3.35. The van der Waals surface area contributed by atoms with E-state index in [-0.39, 0.29) is 6.54 Å². The number of nitrogens with one attached hydrogen (secondary N) is 1. The molecule has 6 nitrogen and oxygen atoms in total. The van der Waals surface area contributed by atoms with E-state index in [2.05, 4.69) is 5.32 Å². The fraction of sp³-hybridized carbons (Fsp3) is 0.357. The lowest BCUT2D eigenvalue weighted by Crippen LogP contribution is -2.60. The van der Waals surface area contributed by atoms with Gasteiger partial charge in [-0.1, -0.05) is 37.3 Å². The van der Waals surface area contributed by atoms with E-state index in [4.69, 9.17) is 5.73 Å². The van der Waals surface area contributed by atoms with E-state index in [1.807, 2.05) is 6.07 Å². The molecule has 0 spiro atoms. The molecule has 2 atom stereocenters. The Morgan fingerprint density at radius 3 is 2.65 bits per heavy atom. The number of amides is 3. The standard InChI is InChI=1S/C14H17N3O3/c1-2-10-13(19)16-11(18)8-17(10)14(20)12(15)9-6-4-3-5-7-9/h3-7,10,12H,2,8,15H2,1H3,(H,16,18,19)/t10?,12-/m1/s1. The van der Waals surface area contributed by atoms with Gasteiger partial charge in [-0.05, 0) is 12.0 Å². The van der Waals surface area contributed by atoms with E-state index in [9.17, 15) is 14.4 Å². The Kier molecular flexibility index (Phi) is 4.14. The Balaban J connectivity index is 2.22. The molecule has 1 aromatic carbocycles. The van der Waals surface area contributed by atoms with E-state index in [1.54, 1.807) is 31.2 Å². The maximum absolute atomic E-state index is 12.4. The summed E-state index contributed by atoms with van der Waals surface area (Å²) in [4.78, 5) is 36.9. The molecule has 20 heavy (non-hydrogen) atoms. The second kappa shape index (κ2) is 5.83. The molecule has 0 saturated carbocycles. The van der Waals surface area contributed by atoms with E-state index >= 15 is 0 Å². The Hall–Kier alpha value is -2.21. The van der Waals surface area contributed by atoms with Crippen molar-refractivity contribution in [2.75, 3.05) is 6.54 Å². The van der Waals surface area contributed by atoms with Gasteiger partial charge in [-0.2, -0.15) is 0 Å². The lowest BCUT2D eigenvalue weighted by molar-refractivity contribution is -0.150. The molecule has 1 heterocycles. The summed E-state index contributed by atoms with van der Waals surface area (Å²) in [5, 5.41) is 2.23. The zero-order valence-electron chi connectivity index (χ0n) is 11.2. The molecule has 1 aliphatic rings.